The van der Waals surface area contributed by atoms with E-state index >= 15 is 0 Å². The fourth-order valence-corrected chi connectivity index (χ4v) is 1.85. The van der Waals surface area contributed by atoms with Crippen LogP contribution < -0.4 is 16.5 Å². The summed E-state index contributed by atoms with van der Waals surface area (Å²) >= 11 is 4.61. The standard InChI is InChI=1S/C14H14N6O2S/c15-14(23)19-18-9-11-1-2-12(13(7-11)20(21)22)17-8-10-3-5-16-6-4-10/h1-7,9,17H,8H2,(H3,15,19,23)/b18-9+. The number of nitrogens with two attached hydrogens (primary N) is 1. The van der Waals surface area contributed by atoms with E-state index in [2.05, 4.69) is 33.0 Å². The number of hydrogen-bond acceptors (Lipinski definition) is 6. The van der Waals surface area contributed by atoms with Crippen LogP contribution in [0.2, 0.25) is 0 Å². The molecule has 23 heavy (non-hydrogen) atoms. The Hall–Kier alpha value is -3.07. The fourth-order valence-electron chi connectivity index (χ4n) is 1.80. The molecule has 9 heteroatoms. The van der Waals surface area contributed by atoms with E-state index in [-0.39, 0.29) is 10.8 Å². The van der Waals surface area contributed by atoms with Crippen LogP contribution in [-0.4, -0.2) is 21.2 Å². The summed E-state index contributed by atoms with van der Waals surface area (Å²) in [6.07, 6.45) is 4.73. The lowest BCUT2D eigenvalue weighted by Gasteiger charge is -2.07. The molecule has 1 aromatic carbocycles. The molecule has 8 nitrogen and oxygen atoms in total. The van der Waals surface area contributed by atoms with E-state index in [0.717, 1.165) is 5.56 Å². The number of nitro groups is 1. The molecule has 0 amide bonds. The number of rotatable bonds is 6. The van der Waals surface area contributed by atoms with Crippen LogP contribution in [0.25, 0.3) is 0 Å². The van der Waals surface area contributed by atoms with E-state index in [4.69, 9.17) is 5.73 Å². The van der Waals surface area contributed by atoms with Crippen LogP contribution in [0, 0.1) is 10.1 Å². The number of hydrazone groups is 1. The topological polar surface area (TPSA) is 118 Å². The quantitative estimate of drug-likeness (QED) is 0.320. The van der Waals surface area contributed by atoms with Gasteiger partial charge < -0.3 is 11.1 Å². The van der Waals surface area contributed by atoms with Gasteiger partial charge in [-0.1, -0.05) is 6.07 Å². The van der Waals surface area contributed by atoms with Gasteiger partial charge in [0, 0.05) is 30.6 Å². The molecule has 118 valence electrons. The van der Waals surface area contributed by atoms with Gasteiger partial charge in [0.2, 0.25) is 0 Å². The normalized spacial score (nSPS) is 10.4. The van der Waals surface area contributed by atoms with Crippen molar-refractivity contribution in [2.24, 2.45) is 10.8 Å². The van der Waals surface area contributed by atoms with E-state index in [1.165, 1.54) is 12.3 Å². The minimum atomic E-state index is -0.451. The van der Waals surface area contributed by atoms with Gasteiger partial charge in [0.25, 0.3) is 5.69 Å². The van der Waals surface area contributed by atoms with Gasteiger partial charge in [-0.2, -0.15) is 5.10 Å². The van der Waals surface area contributed by atoms with Crippen LogP contribution in [0.4, 0.5) is 11.4 Å². The maximum Gasteiger partial charge on any atom is 0.292 e. The minimum Gasteiger partial charge on any atom is -0.375 e. The number of aromatic nitrogens is 1. The molecule has 0 aliphatic heterocycles. The maximum absolute atomic E-state index is 11.2. The zero-order valence-corrected chi connectivity index (χ0v) is 12.8. The summed E-state index contributed by atoms with van der Waals surface area (Å²) in [6.45, 7) is 0.458. The lowest BCUT2D eigenvalue weighted by molar-refractivity contribution is -0.384. The van der Waals surface area contributed by atoms with Crippen LogP contribution in [0.5, 0.6) is 0 Å². The Labute approximate surface area is 137 Å². The lowest BCUT2D eigenvalue weighted by Crippen LogP contribution is -2.23. The molecular weight excluding hydrogens is 316 g/mol. The summed E-state index contributed by atoms with van der Waals surface area (Å²) in [4.78, 5) is 14.7. The molecule has 0 saturated heterocycles. The molecule has 0 spiro atoms. The summed E-state index contributed by atoms with van der Waals surface area (Å²) < 4.78 is 0. The molecular formula is C14H14N6O2S. The number of nitrogens with zero attached hydrogens (tertiary/aromatic N) is 3. The number of benzene rings is 1. The molecule has 2 rings (SSSR count). The van der Waals surface area contributed by atoms with Gasteiger partial charge in [-0.3, -0.25) is 20.5 Å². The lowest BCUT2D eigenvalue weighted by atomic mass is 10.1. The van der Waals surface area contributed by atoms with E-state index in [1.54, 1.807) is 24.5 Å². The van der Waals surface area contributed by atoms with Crippen molar-refractivity contribution < 1.29 is 4.92 Å². The van der Waals surface area contributed by atoms with Gasteiger partial charge in [0.1, 0.15) is 5.69 Å². The Morgan fingerprint density at radius 3 is 2.78 bits per heavy atom. The summed E-state index contributed by atoms with van der Waals surface area (Å²) in [5, 5.41) is 18.1. The molecule has 4 N–H and O–H groups in total. The van der Waals surface area contributed by atoms with Crippen LogP contribution in [0.3, 0.4) is 0 Å². The first-order chi connectivity index (χ1) is 11.1. The first-order valence-electron chi connectivity index (χ1n) is 6.56. The van der Waals surface area contributed by atoms with E-state index in [1.807, 2.05) is 12.1 Å². The van der Waals surface area contributed by atoms with Gasteiger partial charge >= 0.3 is 0 Å². The summed E-state index contributed by atoms with van der Waals surface area (Å²) in [6, 6.07) is 8.41. The zero-order valence-electron chi connectivity index (χ0n) is 12.0. The fraction of sp³-hybridized carbons (Fsp3) is 0.0714. The highest BCUT2D eigenvalue weighted by atomic mass is 32.1. The van der Waals surface area contributed by atoms with Gasteiger partial charge in [-0.15, -0.1) is 0 Å². The third kappa shape index (κ3) is 5.00. The molecule has 0 aliphatic rings. The second-order valence-electron chi connectivity index (χ2n) is 4.48. The van der Waals surface area contributed by atoms with Crippen molar-refractivity contribution in [2.45, 2.75) is 6.54 Å². The largest absolute Gasteiger partial charge is 0.375 e. The number of hydrogen-bond donors (Lipinski definition) is 3. The SMILES string of the molecule is NC(=S)N/N=C/c1ccc(NCc2ccncc2)c([N+](=O)[O-])c1. The number of pyridine rings is 1. The second kappa shape index (κ2) is 7.80. The van der Waals surface area contributed by atoms with E-state index < -0.39 is 4.92 Å². The molecule has 0 saturated carbocycles. The molecule has 2 aromatic rings. The average Bonchev–Trinajstić information content (AvgIpc) is 2.54. The Morgan fingerprint density at radius 2 is 2.13 bits per heavy atom. The summed E-state index contributed by atoms with van der Waals surface area (Å²) in [7, 11) is 0. The predicted octanol–water partition coefficient (Wildman–Crippen LogP) is 1.77. The Bertz CT molecular complexity index is 735. The molecule has 0 unspecified atom stereocenters. The molecule has 0 bridgehead atoms. The van der Waals surface area contributed by atoms with Gasteiger partial charge in [0.05, 0.1) is 11.1 Å². The van der Waals surface area contributed by atoms with Crippen molar-refractivity contribution >= 4 is 34.9 Å². The highest BCUT2D eigenvalue weighted by molar-refractivity contribution is 7.80. The van der Waals surface area contributed by atoms with Crippen molar-refractivity contribution in [3.8, 4) is 0 Å². The van der Waals surface area contributed by atoms with Crippen molar-refractivity contribution in [3.63, 3.8) is 0 Å². The van der Waals surface area contributed by atoms with Gasteiger partial charge in [-0.05, 0) is 36.0 Å². The highest BCUT2D eigenvalue weighted by Crippen LogP contribution is 2.25. The molecule has 0 aliphatic carbocycles. The summed E-state index contributed by atoms with van der Waals surface area (Å²) in [5.41, 5.74) is 9.53. The maximum atomic E-state index is 11.2. The van der Waals surface area contributed by atoms with Crippen LogP contribution >= 0.6 is 12.2 Å². The van der Waals surface area contributed by atoms with E-state index in [9.17, 15) is 10.1 Å². The number of nitro benzene ring substituents is 1. The van der Waals surface area contributed by atoms with Crippen molar-refractivity contribution in [3.05, 3.63) is 64.0 Å². The number of thiocarbonyl (C=S) groups is 1. The first kappa shape index (κ1) is 16.3. The predicted molar refractivity (Wildman–Crippen MR) is 92.2 cm³/mol. The van der Waals surface area contributed by atoms with Crippen molar-refractivity contribution in [1.29, 1.82) is 0 Å². The number of nitrogens with one attached hydrogen (secondary N) is 2. The van der Waals surface area contributed by atoms with Crippen LogP contribution in [0.15, 0.2) is 47.8 Å². The Morgan fingerprint density at radius 1 is 1.39 bits per heavy atom. The van der Waals surface area contributed by atoms with Crippen LogP contribution in [-0.2, 0) is 6.54 Å². The average molecular weight is 330 g/mol. The summed E-state index contributed by atoms with van der Waals surface area (Å²) in [5.74, 6) is 0. The van der Waals surface area contributed by atoms with Gasteiger partial charge in [0.15, 0.2) is 5.11 Å². The third-order valence-electron chi connectivity index (χ3n) is 2.84. The van der Waals surface area contributed by atoms with Gasteiger partial charge in [-0.25, -0.2) is 0 Å². The first-order valence-corrected chi connectivity index (χ1v) is 6.97. The smallest absolute Gasteiger partial charge is 0.292 e. The molecule has 0 atom stereocenters. The van der Waals surface area contributed by atoms with Crippen LogP contribution in [0.1, 0.15) is 11.1 Å². The van der Waals surface area contributed by atoms with Crippen molar-refractivity contribution in [1.82, 2.24) is 10.4 Å². The van der Waals surface area contributed by atoms with Crippen molar-refractivity contribution in [2.75, 3.05) is 5.32 Å². The Balaban J connectivity index is 2.14. The zero-order chi connectivity index (χ0) is 16.7. The second-order valence-corrected chi connectivity index (χ2v) is 4.92. The Kier molecular flexibility index (Phi) is 5.53. The monoisotopic (exact) mass is 330 g/mol. The number of anilines is 1. The molecule has 0 fully saturated rings. The third-order valence-corrected chi connectivity index (χ3v) is 2.93. The highest BCUT2D eigenvalue weighted by Gasteiger charge is 2.14. The molecule has 0 radical (unpaired) electrons. The minimum absolute atomic E-state index is 0.0198. The molecule has 1 aromatic heterocycles. The van der Waals surface area contributed by atoms with E-state index in [0.29, 0.717) is 17.8 Å². The molecule has 1 heterocycles.